The molecule has 3 rings (SSSR count). The molecule has 6 nitrogen and oxygen atoms in total. The fourth-order valence-electron chi connectivity index (χ4n) is 4.58. The van der Waals surface area contributed by atoms with E-state index in [0.717, 1.165) is 23.4 Å². The van der Waals surface area contributed by atoms with E-state index < -0.39 is 0 Å². The summed E-state index contributed by atoms with van der Waals surface area (Å²) in [5.74, 6) is 0.699. The zero-order chi connectivity index (χ0) is 25.8. The van der Waals surface area contributed by atoms with Crippen LogP contribution >= 0.6 is 0 Å². The predicted molar refractivity (Wildman–Crippen MR) is 146 cm³/mol. The molecule has 0 spiro atoms. The average molecular weight is 477 g/mol. The molecule has 1 aromatic heterocycles. The number of aliphatic imine (C=N–C) groups is 1. The number of aliphatic hydroxyl groups excluding tert-OH is 1. The lowest BCUT2D eigenvalue weighted by molar-refractivity contribution is 0.161. The number of aryl methyl sites for hydroxylation is 2. The summed E-state index contributed by atoms with van der Waals surface area (Å²) in [4.78, 5) is 7.57. The topological polar surface area (TPSA) is 104 Å². The Hall–Kier alpha value is -3.12. The van der Waals surface area contributed by atoms with Crippen molar-refractivity contribution in [2.75, 3.05) is 13.2 Å². The highest BCUT2D eigenvalue weighted by Gasteiger charge is 2.25. The molecule has 0 saturated heterocycles. The van der Waals surface area contributed by atoms with Crippen LogP contribution < -0.4 is 15.9 Å². The molecule has 5 N–H and O–H groups in total. The molecule has 6 heteroatoms. The van der Waals surface area contributed by atoms with E-state index in [0.29, 0.717) is 23.7 Å². The fourth-order valence-corrected chi connectivity index (χ4v) is 4.58. The van der Waals surface area contributed by atoms with E-state index in [9.17, 15) is 10.2 Å². The Morgan fingerprint density at radius 3 is 2.66 bits per heavy atom. The quantitative estimate of drug-likeness (QED) is 0.280. The van der Waals surface area contributed by atoms with Gasteiger partial charge in [-0.25, -0.2) is 4.99 Å². The number of fused-ring (bicyclic) bond motifs is 1. The molecule has 35 heavy (non-hydrogen) atoms. The molecular formula is C29H40N4O2. The third-order valence-electron chi connectivity index (χ3n) is 6.84. The van der Waals surface area contributed by atoms with Crippen LogP contribution in [0.5, 0.6) is 5.88 Å². The monoisotopic (exact) mass is 476 g/mol. The van der Waals surface area contributed by atoms with E-state index in [1.54, 1.807) is 12.3 Å². The largest absolute Gasteiger partial charge is 0.494 e. The smallest absolute Gasteiger partial charge is 0.198 e. The minimum atomic E-state index is -0.240. The highest BCUT2D eigenvalue weighted by atomic mass is 16.3. The summed E-state index contributed by atoms with van der Waals surface area (Å²) in [6.45, 7) is 13.0. The standard InChI is InChI=1S/C29H40N4O2/c1-7-20-10-9-18(3)22(13-20)23-15-24-25(14-21(23)8-2)33-28(35)27(24)19(4)32-26(30)11-12-31-16-29(5,6)17-34/h9-15,21,23,30-31,33-35H,7-8,16-17H2,1-6H3/b12-11-,30-26?,32-19?. The van der Waals surface area contributed by atoms with E-state index in [2.05, 4.69) is 66.4 Å². The number of rotatable bonds is 9. The van der Waals surface area contributed by atoms with E-state index in [1.807, 2.05) is 20.8 Å². The molecule has 0 radical (unpaired) electrons. The van der Waals surface area contributed by atoms with Crippen molar-refractivity contribution in [2.45, 2.75) is 60.3 Å². The van der Waals surface area contributed by atoms with Crippen LogP contribution in [0.1, 0.15) is 69.2 Å². The maximum atomic E-state index is 10.8. The van der Waals surface area contributed by atoms with Crippen LogP contribution in [-0.2, 0) is 6.42 Å². The van der Waals surface area contributed by atoms with Gasteiger partial charge >= 0.3 is 0 Å². The van der Waals surface area contributed by atoms with Crippen molar-refractivity contribution in [3.8, 4) is 5.88 Å². The molecule has 2 unspecified atom stereocenters. The van der Waals surface area contributed by atoms with Crippen LogP contribution in [0.3, 0.4) is 0 Å². The second kappa shape index (κ2) is 11.1. The van der Waals surface area contributed by atoms with Crippen molar-refractivity contribution in [3.63, 3.8) is 0 Å². The van der Waals surface area contributed by atoms with E-state index in [4.69, 9.17) is 5.41 Å². The second-order valence-corrected chi connectivity index (χ2v) is 10.3. The highest BCUT2D eigenvalue weighted by Crippen LogP contribution is 2.34. The first kappa shape index (κ1) is 26.5. The highest BCUT2D eigenvalue weighted by molar-refractivity contribution is 6.09. The molecule has 0 bridgehead atoms. The number of aromatic nitrogens is 1. The zero-order valence-electron chi connectivity index (χ0n) is 21.9. The molecule has 1 aromatic carbocycles. The van der Waals surface area contributed by atoms with Crippen molar-refractivity contribution in [1.82, 2.24) is 10.3 Å². The summed E-state index contributed by atoms with van der Waals surface area (Å²) < 4.78 is 0. The maximum absolute atomic E-state index is 10.8. The molecule has 0 amide bonds. The Labute approximate surface area is 208 Å². The minimum Gasteiger partial charge on any atom is -0.494 e. The summed E-state index contributed by atoms with van der Waals surface area (Å²) in [6.07, 6.45) is 9.73. The lowest BCUT2D eigenvalue weighted by Crippen LogP contribution is -2.34. The molecule has 0 saturated carbocycles. The Bertz CT molecular complexity index is 1250. The van der Waals surface area contributed by atoms with Gasteiger partial charge in [-0.1, -0.05) is 58.0 Å². The van der Waals surface area contributed by atoms with Crippen molar-refractivity contribution in [1.29, 1.82) is 5.41 Å². The molecule has 1 aliphatic carbocycles. The van der Waals surface area contributed by atoms with E-state index >= 15 is 0 Å². The van der Waals surface area contributed by atoms with Gasteiger partial charge < -0.3 is 20.5 Å². The molecule has 0 aliphatic heterocycles. The molecule has 0 fully saturated rings. The first-order valence-corrected chi connectivity index (χ1v) is 12.5. The lowest BCUT2D eigenvalue weighted by atomic mass is 9.78. The average Bonchev–Trinajstić information content (AvgIpc) is 3.16. The van der Waals surface area contributed by atoms with Gasteiger partial charge in [-0.3, -0.25) is 5.41 Å². The molecule has 2 aromatic rings. The van der Waals surface area contributed by atoms with Crippen LogP contribution in [-0.4, -0.2) is 39.9 Å². The lowest BCUT2D eigenvalue weighted by Gasteiger charge is -2.25. The summed E-state index contributed by atoms with van der Waals surface area (Å²) in [6, 6.07) is 6.72. The number of H-pyrrole nitrogens is 1. The van der Waals surface area contributed by atoms with Crippen molar-refractivity contribution in [3.05, 3.63) is 63.3 Å². The van der Waals surface area contributed by atoms with Gasteiger partial charge in [-0.2, -0.15) is 0 Å². The number of benzene rings is 1. The summed E-state index contributed by atoms with van der Waals surface area (Å²) in [5, 5.41) is 33.3. The van der Waals surface area contributed by atoms with Gasteiger partial charge in [-0.15, -0.1) is 0 Å². The van der Waals surface area contributed by atoms with Gasteiger partial charge in [0, 0.05) is 41.3 Å². The number of nitrogens with zero attached hydrogens (tertiary/aromatic N) is 1. The SMILES string of the molecule is CCc1ccc(C)c(C2C=c3c(C(C)=NC(=N)/C=C\NCC(C)(C)CO)c(O)[nH]c3=CC2CC)c1. The number of aromatic amines is 1. The number of aromatic hydroxyl groups is 1. The molecular weight excluding hydrogens is 436 g/mol. The van der Waals surface area contributed by atoms with Crippen LogP contribution in [0, 0.1) is 23.7 Å². The molecule has 1 heterocycles. The second-order valence-electron chi connectivity index (χ2n) is 10.3. The summed E-state index contributed by atoms with van der Waals surface area (Å²) in [7, 11) is 0. The minimum absolute atomic E-state index is 0.0795. The van der Waals surface area contributed by atoms with Crippen LogP contribution in [0.25, 0.3) is 12.2 Å². The first-order valence-electron chi connectivity index (χ1n) is 12.5. The van der Waals surface area contributed by atoms with Gasteiger partial charge in [0.15, 0.2) is 5.88 Å². The van der Waals surface area contributed by atoms with Crippen molar-refractivity contribution >= 4 is 23.7 Å². The molecule has 1 aliphatic rings. The number of hydrogen-bond donors (Lipinski definition) is 5. The predicted octanol–water partition coefficient (Wildman–Crippen LogP) is 3.88. The van der Waals surface area contributed by atoms with E-state index in [-0.39, 0.29) is 29.7 Å². The van der Waals surface area contributed by atoms with Gasteiger partial charge in [0.25, 0.3) is 0 Å². The Morgan fingerprint density at radius 2 is 2.00 bits per heavy atom. The summed E-state index contributed by atoms with van der Waals surface area (Å²) in [5.41, 5.74) is 4.91. The van der Waals surface area contributed by atoms with Gasteiger partial charge in [0.1, 0.15) is 5.84 Å². The third-order valence-corrected chi connectivity index (χ3v) is 6.84. The number of amidine groups is 1. The molecule has 188 valence electrons. The third kappa shape index (κ3) is 6.12. The maximum Gasteiger partial charge on any atom is 0.198 e. The fraction of sp³-hybridized carbons (Fsp3) is 0.448. The van der Waals surface area contributed by atoms with E-state index in [1.165, 1.54) is 16.7 Å². The Morgan fingerprint density at radius 1 is 1.26 bits per heavy atom. The Kier molecular flexibility index (Phi) is 8.39. The van der Waals surface area contributed by atoms with Gasteiger partial charge in [0.05, 0.1) is 11.3 Å². The summed E-state index contributed by atoms with van der Waals surface area (Å²) >= 11 is 0. The van der Waals surface area contributed by atoms with Crippen LogP contribution in [0.4, 0.5) is 0 Å². The zero-order valence-corrected chi connectivity index (χ0v) is 21.9. The van der Waals surface area contributed by atoms with Crippen molar-refractivity contribution < 1.29 is 10.2 Å². The van der Waals surface area contributed by atoms with Crippen LogP contribution in [0.15, 0.2) is 35.5 Å². The van der Waals surface area contributed by atoms with Gasteiger partial charge in [0.2, 0.25) is 0 Å². The Balaban J connectivity index is 1.96. The molecule has 2 atom stereocenters. The number of nitrogens with one attached hydrogen (secondary N) is 3. The number of aliphatic hydroxyl groups is 1. The van der Waals surface area contributed by atoms with Gasteiger partial charge in [-0.05, 0) is 55.4 Å². The first-order chi connectivity index (χ1) is 16.6. The number of hydrogen-bond acceptors (Lipinski definition) is 4. The van der Waals surface area contributed by atoms with Crippen molar-refractivity contribution in [2.24, 2.45) is 16.3 Å². The van der Waals surface area contributed by atoms with Crippen LogP contribution in [0.2, 0.25) is 0 Å². The normalized spacial score (nSPS) is 18.2.